The lowest BCUT2D eigenvalue weighted by atomic mass is 10.2. The van der Waals surface area contributed by atoms with E-state index in [1.807, 2.05) is 19.1 Å². The van der Waals surface area contributed by atoms with E-state index in [1.54, 1.807) is 22.2 Å². The maximum atomic E-state index is 12.5. The van der Waals surface area contributed by atoms with Crippen LogP contribution in [0.2, 0.25) is 5.02 Å². The van der Waals surface area contributed by atoms with E-state index in [-0.39, 0.29) is 6.10 Å². The molecule has 0 bridgehead atoms. The fourth-order valence-corrected chi connectivity index (χ4v) is 4.00. The number of nitrogens with one attached hydrogen (secondary N) is 1. The lowest BCUT2D eigenvalue weighted by molar-refractivity contribution is 0.212. The Bertz CT molecular complexity index is 1180. The highest BCUT2D eigenvalue weighted by atomic mass is 35.5. The van der Waals surface area contributed by atoms with E-state index in [9.17, 15) is 9.59 Å². The van der Waals surface area contributed by atoms with Crippen LogP contribution in [0.25, 0.3) is 11.2 Å². The molecule has 0 saturated heterocycles. The smallest absolute Gasteiger partial charge is 0.330 e. The molecule has 0 radical (unpaired) electrons. The van der Waals surface area contributed by atoms with Gasteiger partial charge in [0, 0.05) is 13.6 Å². The van der Waals surface area contributed by atoms with E-state index in [0.717, 1.165) is 18.5 Å². The van der Waals surface area contributed by atoms with Gasteiger partial charge in [0.25, 0.3) is 5.56 Å². The number of para-hydroxylation sites is 1. The van der Waals surface area contributed by atoms with Crippen molar-refractivity contribution in [2.45, 2.75) is 45.9 Å². The van der Waals surface area contributed by atoms with Crippen LogP contribution in [0.5, 0.6) is 5.75 Å². The molecule has 1 aliphatic heterocycles. The number of hydrogen-bond acceptors (Lipinski definition) is 5. The number of nitrogens with zero attached hydrogens (tertiary/aromatic N) is 4. The van der Waals surface area contributed by atoms with Gasteiger partial charge in [0.05, 0.1) is 23.8 Å². The third-order valence-electron chi connectivity index (χ3n) is 5.26. The highest BCUT2D eigenvalue weighted by molar-refractivity contribution is 6.32. The van der Waals surface area contributed by atoms with Gasteiger partial charge in [0.1, 0.15) is 11.9 Å². The Kier molecular flexibility index (Phi) is 5.12. The SMILES string of the molecule is CCCCn1c(=O)[nH]c(=O)c2c1nc(CN1C[C@@H](C)Oc3c(Cl)cccc31)n2C. The Hall–Kier alpha value is -2.74. The van der Waals surface area contributed by atoms with Gasteiger partial charge >= 0.3 is 5.69 Å². The Labute approximate surface area is 172 Å². The fraction of sp³-hybridized carbons (Fsp3) is 0.450. The summed E-state index contributed by atoms with van der Waals surface area (Å²) in [6.45, 7) is 5.69. The molecule has 3 aromatic rings. The standard InChI is InChI=1S/C20H24ClN5O3/c1-4-5-9-26-18-16(19(27)23-20(26)28)24(3)15(22-18)11-25-10-12(2)29-17-13(21)7-6-8-14(17)25/h6-8,12H,4-5,9-11H2,1-3H3,(H,23,27,28)/t12-/m1/s1. The molecule has 1 atom stereocenters. The molecule has 0 fully saturated rings. The molecule has 1 aromatic carbocycles. The van der Waals surface area contributed by atoms with Crippen molar-refractivity contribution in [2.75, 3.05) is 11.4 Å². The number of H-pyrrole nitrogens is 1. The molecular weight excluding hydrogens is 394 g/mol. The molecular formula is C20H24ClN5O3. The van der Waals surface area contributed by atoms with Gasteiger partial charge in [-0.05, 0) is 25.5 Å². The summed E-state index contributed by atoms with van der Waals surface area (Å²) in [6, 6.07) is 5.65. The van der Waals surface area contributed by atoms with Crippen molar-refractivity contribution in [1.29, 1.82) is 0 Å². The van der Waals surface area contributed by atoms with E-state index in [0.29, 0.717) is 47.4 Å². The number of benzene rings is 1. The predicted molar refractivity (Wildman–Crippen MR) is 113 cm³/mol. The molecule has 154 valence electrons. The first-order chi connectivity index (χ1) is 13.9. The maximum absolute atomic E-state index is 12.5. The molecule has 2 aromatic heterocycles. The van der Waals surface area contributed by atoms with E-state index in [1.165, 1.54) is 0 Å². The first-order valence-corrected chi connectivity index (χ1v) is 10.2. The van der Waals surface area contributed by atoms with Crippen LogP contribution in [-0.2, 0) is 20.1 Å². The summed E-state index contributed by atoms with van der Waals surface area (Å²) in [5.41, 5.74) is 0.885. The number of imidazole rings is 1. The van der Waals surface area contributed by atoms with Crippen LogP contribution in [0, 0.1) is 0 Å². The topological polar surface area (TPSA) is 85.2 Å². The van der Waals surface area contributed by atoms with E-state index in [4.69, 9.17) is 21.3 Å². The lowest BCUT2D eigenvalue weighted by Gasteiger charge is -2.35. The van der Waals surface area contributed by atoms with Gasteiger partial charge < -0.3 is 14.2 Å². The van der Waals surface area contributed by atoms with Crippen LogP contribution in [0.1, 0.15) is 32.5 Å². The number of rotatable bonds is 5. The lowest BCUT2D eigenvalue weighted by Crippen LogP contribution is -2.38. The van der Waals surface area contributed by atoms with Gasteiger partial charge in [0.15, 0.2) is 16.9 Å². The molecule has 0 amide bonds. The third kappa shape index (κ3) is 3.42. The van der Waals surface area contributed by atoms with Crippen molar-refractivity contribution in [1.82, 2.24) is 19.1 Å². The van der Waals surface area contributed by atoms with Crippen LogP contribution >= 0.6 is 11.6 Å². The number of aryl methyl sites for hydroxylation is 2. The first kappa shape index (κ1) is 19.6. The van der Waals surface area contributed by atoms with Gasteiger partial charge in [0.2, 0.25) is 0 Å². The van der Waals surface area contributed by atoms with Crippen molar-refractivity contribution < 1.29 is 4.74 Å². The Morgan fingerprint density at radius 1 is 1.34 bits per heavy atom. The minimum atomic E-state index is -0.419. The van der Waals surface area contributed by atoms with Crippen molar-refractivity contribution in [2.24, 2.45) is 7.05 Å². The molecule has 0 saturated carbocycles. The van der Waals surface area contributed by atoms with Crippen LogP contribution in [-0.4, -0.2) is 31.8 Å². The maximum Gasteiger partial charge on any atom is 0.330 e. The van der Waals surface area contributed by atoms with Gasteiger partial charge in [-0.2, -0.15) is 0 Å². The molecule has 3 heterocycles. The summed E-state index contributed by atoms with van der Waals surface area (Å²) in [7, 11) is 1.80. The van der Waals surface area contributed by atoms with Crippen LogP contribution in [0.4, 0.5) is 5.69 Å². The minimum absolute atomic E-state index is 0.0387. The Balaban J connectivity index is 1.79. The van der Waals surface area contributed by atoms with Crippen molar-refractivity contribution >= 4 is 28.5 Å². The Morgan fingerprint density at radius 2 is 2.14 bits per heavy atom. The summed E-state index contributed by atoms with van der Waals surface area (Å²) in [5, 5.41) is 0.564. The Morgan fingerprint density at radius 3 is 2.90 bits per heavy atom. The summed E-state index contributed by atoms with van der Waals surface area (Å²) in [6.07, 6.45) is 1.73. The number of ether oxygens (including phenoxy) is 1. The molecule has 1 N–H and O–H groups in total. The highest BCUT2D eigenvalue weighted by Crippen LogP contribution is 2.39. The molecule has 0 aliphatic carbocycles. The quantitative estimate of drug-likeness (QED) is 0.689. The number of aromatic nitrogens is 4. The molecule has 9 heteroatoms. The van der Waals surface area contributed by atoms with Gasteiger partial charge in [-0.25, -0.2) is 9.78 Å². The number of halogens is 1. The van der Waals surface area contributed by atoms with Crippen molar-refractivity contribution in [3.63, 3.8) is 0 Å². The van der Waals surface area contributed by atoms with Crippen molar-refractivity contribution in [3.8, 4) is 5.75 Å². The molecule has 0 spiro atoms. The molecule has 1 aliphatic rings. The zero-order valence-electron chi connectivity index (χ0n) is 16.7. The first-order valence-electron chi connectivity index (χ1n) is 9.79. The number of fused-ring (bicyclic) bond motifs is 2. The third-order valence-corrected chi connectivity index (χ3v) is 5.55. The number of unbranched alkanes of at least 4 members (excludes halogenated alkanes) is 1. The largest absolute Gasteiger partial charge is 0.485 e. The number of anilines is 1. The summed E-state index contributed by atoms with van der Waals surface area (Å²) in [5.74, 6) is 1.35. The molecule has 4 rings (SSSR count). The normalized spacial score (nSPS) is 16.1. The van der Waals surface area contributed by atoms with Crippen LogP contribution < -0.4 is 20.9 Å². The fourth-order valence-electron chi connectivity index (χ4n) is 3.79. The second-order valence-electron chi connectivity index (χ2n) is 7.42. The predicted octanol–water partition coefficient (Wildman–Crippen LogP) is 2.66. The summed E-state index contributed by atoms with van der Waals surface area (Å²) < 4.78 is 9.23. The highest BCUT2D eigenvalue weighted by Gasteiger charge is 2.27. The van der Waals surface area contributed by atoms with E-state index < -0.39 is 11.2 Å². The van der Waals surface area contributed by atoms with Crippen LogP contribution in [0.3, 0.4) is 0 Å². The van der Waals surface area contributed by atoms with Crippen molar-refractivity contribution in [3.05, 3.63) is 49.9 Å². The zero-order valence-corrected chi connectivity index (χ0v) is 17.5. The van der Waals surface area contributed by atoms with E-state index in [2.05, 4.69) is 16.8 Å². The zero-order chi connectivity index (χ0) is 20.7. The number of hydrogen-bond donors (Lipinski definition) is 1. The van der Waals surface area contributed by atoms with E-state index >= 15 is 0 Å². The summed E-state index contributed by atoms with van der Waals surface area (Å²) >= 11 is 6.32. The summed E-state index contributed by atoms with van der Waals surface area (Å²) in [4.78, 5) is 34.0. The molecule has 0 unspecified atom stereocenters. The van der Waals surface area contributed by atoms with Crippen LogP contribution in [0.15, 0.2) is 27.8 Å². The molecule has 8 nitrogen and oxygen atoms in total. The minimum Gasteiger partial charge on any atom is -0.485 e. The second kappa shape index (κ2) is 7.59. The number of aromatic amines is 1. The van der Waals surface area contributed by atoms with Gasteiger partial charge in [-0.3, -0.25) is 14.3 Å². The van der Waals surface area contributed by atoms with Gasteiger partial charge in [-0.1, -0.05) is 31.0 Å². The van der Waals surface area contributed by atoms with Gasteiger partial charge in [-0.15, -0.1) is 0 Å². The molecule has 29 heavy (non-hydrogen) atoms. The average Bonchev–Trinajstić information content (AvgIpc) is 2.99. The second-order valence-corrected chi connectivity index (χ2v) is 7.83. The monoisotopic (exact) mass is 417 g/mol. The average molecular weight is 418 g/mol.